The molecule has 18 heavy (non-hydrogen) atoms. The van der Waals surface area contributed by atoms with E-state index in [-0.39, 0.29) is 6.04 Å². The number of nitrogens with two attached hydrogens (primary N) is 1. The molecule has 1 fully saturated rings. The molecular formula is C13H18Cl2N2S. The van der Waals surface area contributed by atoms with Crippen molar-refractivity contribution in [1.29, 1.82) is 0 Å². The fourth-order valence-electron chi connectivity index (χ4n) is 2.29. The molecule has 0 amide bonds. The smallest absolute Gasteiger partial charge is 0.0595 e. The molecule has 1 aromatic rings. The van der Waals surface area contributed by atoms with Crippen LogP contribution < -0.4 is 5.73 Å². The van der Waals surface area contributed by atoms with E-state index in [4.69, 9.17) is 28.9 Å². The molecule has 0 radical (unpaired) electrons. The molecule has 5 heteroatoms. The number of hydrogen-bond donors (Lipinski definition) is 1. The molecular weight excluding hydrogens is 287 g/mol. The molecule has 0 aromatic heterocycles. The zero-order valence-corrected chi connectivity index (χ0v) is 12.6. The lowest BCUT2D eigenvalue weighted by Gasteiger charge is -2.30. The van der Waals surface area contributed by atoms with E-state index < -0.39 is 0 Å². The van der Waals surface area contributed by atoms with Gasteiger partial charge in [0.15, 0.2) is 0 Å². The maximum atomic E-state index is 6.09. The third-order valence-electron chi connectivity index (χ3n) is 3.25. The van der Waals surface area contributed by atoms with Crippen LogP contribution in [0.15, 0.2) is 18.2 Å². The summed E-state index contributed by atoms with van der Waals surface area (Å²) in [6.45, 7) is 2.81. The highest BCUT2D eigenvalue weighted by molar-refractivity contribution is 7.99. The number of rotatable bonds is 3. The second kappa shape index (κ2) is 7.01. The lowest BCUT2D eigenvalue weighted by molar-refractivity contribution is 0.218. The van der Waals surface area contributed by atoms with Crippen molar-refractivity contribution in [2.24, 2.45) is 5.73 Å². The van der Waals surface area contributed by atoms with Crippen molar-refractivity contribution in [2.45, 2.75) is 12.5 Å². The topological polar surface area (TPSA) is 29.3 Å². The molecule has 100 valence electrons. The highest BCUT2D eigenvalue weighted by atomic mass is 35.5. The minimum absolute atomic E-state index is 0.249. The monoisotopic (exact) mass is 304 g/mol. The van der Waals surface area contributed by atoms with Gasteiger partial charge in [-0.15, -0.1) is 0 Å². The van der Waals surface area contributed by atoms with Crippen molar-refractivity contribution in [3.8, 4) is 0 Å². The van der Waals surface area contributed by atoms with Crippen LogP contribution in [0.5, 0.6) is 0 Å². The fourth-order valence-corrected chi connectivity index (χ4v) is 3.50. The van der Waals surface area contributed by atoms with E-state index in [9.17, 15) is 0 Å². The highest BCUT2D eigenvalue weighted by Gasteiger charge is 2.20. The van der Waals surface area contributed by atoms with Gasteiger partial charge in [-0.3, -0.25) is 4.90 Å². The van der Waals surface area contributed by atoms with Crippen LogP contribution in [0.2, 0.25) is 10.0 Å². The Balaban J connectivity index is 2.17. The number of thioether (sulfide) groups is 1. The van der Waals surface area contributed by atoms with Crippen LogP contribution in [0.4, 0.5) is 0 Å². The first-order chi connectivity index (χ1) is 8.72. The van der Waals surface area contributed by atoms with Crippen LogP contribution in [0.25, 0.3) is 0 Å². The minimum Gasteiger partial charge on any atom is -0.329 e. The average Bonchev–Trinajstić information content (AvgIpc) is 2.64. The molecule has 1 atom stereocenters. The molecule has 2 N–H and O–H groups in total. The number of hydrogen-bond acceptors (Lipinski definition) is 3. The van der Waals surface area contributed by atoms with Gasteiger partial charge in [0.05, 0.1) is 10.0 Å². The fraction of sp³-hybridized carbons (Fsp3) is 0.538. The maximum Gasteiger partial charge on any atom is 0.0595 e. The summed E-state index contributed by atoms with van der Waals surface area (Å²) in [5.41, 5.74) is 7.12. The normalized spacial score (nSPS) is 19.5. The number of benzene rings is 1. The highest BCUT2D eigenvalue weighted by Crippen LogP contribution is 2.29. The van der Waals surface area contributed by atoms with Crippen molar-refractivity contribution in [2.75, 3.05) is 31.1 Å². The molecule has 0 spiro atoms. The second-order valence-electron chi connectivity index (χ2n) is 4.43. The molecule has 0 bridgehead atoms. The summed E-state index contributed by atoms with van der Waals surface area (Å²) >= 11 is 14.1. The molecule has 0 saturated carbocycles. The standard InChI is InChI=1S/C13H18Cl2N2S/c14-11-3-2-10(8-12(11)15)13(9-16)17-4-1-6-18-7-5-17/h2-3,8,13H,1,4-7,9,16H2. The summed E-state index contributed by atoms with van der Waals surface area (Å²) in [6, 6.07) is 6.08. The zero-order chi connectivity index (χ0) is 13.0. The third-order valence-corrected chi connectivity index (χ3v) is 5.04. The molecule has 1 aliphatic heterocycles. The second-order valence-corrected chi connectivity index (χ2v) is 6.47. The summed E-state index contributed by atoms with van der Waals surface area (Å²) in [5, 5.41) is 1.21. The van der Waals surface area contributed by atoms with Gasteiger partial charge in [-0.25, -0.2) is 0 Å². The third kappa shape index (κ3) is 3.55. The average molecular weight is 305 g/mol. The van der Waals surface area contributed by atoms with Crippen LogP contribution >= 0.6 is 35.0 Å². The first-order valence-electron chi connectivity index (χ1n) is 6.19. The quantitative estimate of drug-likeness (QED) is 0.927. The van der Waals surface area contributed by atoms with Gasteiger partial charge in [-0.1, -0.05) is 29.3 Å². The van der Waals surface area contributed by atoms with Crippen LogP contribution in [0.1, 0.15) is 18.0 Å². The van der Waals surface area contributed by atoms with Crippen molar-refractivity contribution in [3.05, 3.63) is 33.8 Å². The molecule has 1 aliphatic rings. The van der Waals surface area contributed by atoms with Crippen molar-refractivity contribution in [3.63, 3.8) is 0 Å². The molecule has 1 aromatic carbocycles. The number of nitrogens with zero attached hydrogens (tertiary/aromatic N) is 1. The van der Waals surface area contributed by atoms with Gasteiger partial charge in [0.25, 0.3) is 0 Å². The van der Waals surface area contributed by atoms with Crippen molar-refractivity contribution in [1.82, 2.24) is 4.90 Å². The largest absolute Gasteiger partial charge is 0.329 e. The van der Waals surface area contributed by atoms with Gasteiger partial charge < -0.3 is 5.73 Å². The molecule has 1 unspecified atom stereocenters. The molecule has 2 nitrogen and oxygen atoms in total. The van der Waals surface area contributed by atoms with Gasteiger partial charge in [-0.2, -0.15) is 11.8 Å². The molecule has 1 heterocycles. The first kappa shape index (κ1) is 14.5. The van der Waals surface area contributed by atoms with E-state index >= 15 is 0 Å². The van der Waals surface area contributed by atoms with E-state index in [1.165, 1.54) is 23.5 Å². The molecule has 2 rings (SSSR count). The van der Waals surface area contributed by atoms with Crippen LogP contribution in [-0.4, -0.2) is 36.0 Å². The van der Waals surface area contributed by atoms with Crippen molar-refractivity contribution < 1.29 is 0 Å². The van der Waals surface area contributed by atoms with Crippen molar-refractivity contribution >= 4 is 35.0 Å². The summed E-state index contributed by atoms with van der Waals surface area (Å²) in [4.78, 5) is 2.46. The molecule has 0 aliphatic carbocycles. The maximum absolute atomic E-state index is 6.09. The Kier molecular flexibility index (Phi) is 5.64. The van der Waals surface area contributed by atoms with E-state index in [0.29, 0.717) is 16.6 Å². The van der Waals surface area contributed by atoms with E-state index in [2.05, 4.69) is 4.90 Å². The Morgan fingerprint density at radius 3 is 2.78 bits per heavy atom. The minimum atomic E-state index is 0.249. The summed E-state index contributed by atoms with van der Waals surface area (Å²) in [7, 11) is 0. The summed E-state index contributed by atoms with van der Waals surface area (Å²) < 4.78 is 0. The van der Waals surface area contributed by atoms with Crippen LogP contribution in [0, 0.1) is 0 Å². The Morgan fingerprint density at radius 1 is 1.22 bits per heavy atom. The van der Waals surface area contributed by atoms with Gasteiger partial charge in [0.2, 0.25) is 0 Å². The summed E-state index contributed by atoms with van der Waals surface area (Å²) in [6.07, 6.45) is 1.22. The van der Waals surface area contributed by atoms with Gasteiger partial charge >= 0.3 is 0 Å². The lowest BCUT2D eigenvalue weighted by atomic mass is 10.1. The Morgan fingerprint density at radius 2 is 2.06 bits per heavy atom. The Labute approximate surface area is 123 Å². The Bertz CT molecular complexity index is 393. The predicted octanol–water partition coefficient (Wildman–Crippen LogP) is 3.43. The SMILES string of the molecule is NCC(c1ccc(Cl)c(Cl)c1)N1CCCSCC1. The zero-order valence-electron chi connectivity index (χ0n) is 10.2. The van der Waals surface area contributed by atoms with E-state index in [0.717, 1.165) is 13.1 Å². The lowest BCUT2D eigenvalue weighted by Crippen LogP contribution is -2.35. The van der Waals surface area contributed by atoms with E-state index in [1.807, 2.05) is 30.0 Å². The van der Waals surface area contributed by atoms with E-state index in [1.54, 1.807) is 0 Å². The Hall–Kier alpha value is 0.0700. The van der Waals surface area contributed by atoms with Crippen LogP contribution in [-0.2, 0) is 0 Å². The number of halogens is 2. The van der Waals surface area contributed by atoms with Gasteiger partial charge in [0, 0.05) is 24.9 Å². The predicted molar refractivity (Wildman–Crippen MR) is 81.8 cm³/mol. The summed E-state index contributed by atoms with van der Waals surface area (Å²) in [5.74, 6) is 2.42. The van der Waals surface area contributed by atoms with Gasteiger partial charge in [0.1, 0.15) is 0 Å². The molecule has 1 saturated heterocycles. The first-order valence-corrected chi connectivity index (χ1v) is 8.10. The van der Waals surface area contributed by atoms with Crippen LogP contribution in [0.3, 0.4) is 0 Å². The van der Waals surface area contributed by atoms with Gasteiger partial charge in [-0.05, 0) is 36.4 Å².